The van der Waals surface area contributed by atoms with E-state index in [1.165, 1.54) is 22.8 Å². The Morgan fingerprint density at radius 2 is 1.84 bits per heavy atom. The summed E-state index contributed by atoms with van der Waals surface area (Å²) in [7, 11) is -3.64. The van der Waals surface area contributed by atoms with Gasteiger partial charge in [-0.25, -0.2) is 8.42 Å². The number of esters is 1. The van der Waals surface area contributed by atoms with Crippen molar-refractivity contribution < 1.29 is 32.2 Å². The van der Waals surface area contributed by atoms with Crippen molar-refractivity contribution in [2.75, 3.05) is 32.9 Å². The molecule has 1 aromatic heterocycles. The summed E-state index contributed by atoms with van der Waals surface area (Å²) in [5, 5.41) is 0. The van der Waals surface area contributed by atoms with Crippen molar-refractivity contribution in [1.29, 1.82) is 0 Å². The van der Waals surface area contributed by atoms with Gasteiger partial charge >= 0.3 is 5.97 Å². The molecule has 10 heteroatoms. The fourth-order valence-electron chi connectivity index (χ4n) is 3.66. The third kappa shape index (κ3) is 4.91. The maximum Gasteiger partial charge on any atom is 0.309 e. The van der Waals surface area contributed by atoms with Gasteiger partial charge in [0, 0.05) is 37.5 Å². The van der Waals surface area contributed by atoms with Gasteiger partial charge in [-0.15, -0.1) is 0 Å². The molecule has 32 heavy (non-hydrogen) atoms. The maximum absolute atomic E-state index is 12.7. The molecule has 0 unspecified atom stereocenters. The summed E-state index contributed by atoms with van der Waals surface area (Å²) in [6, 6.07) is 7.95. The van der Waals surface area contributed by atoms with E-state index in [0.717, 1.165) is 6.42 Å². The normalized spacial score (nSPS) is 17.4. The van der Waals surface area contributed by atoms with Gasteiger partial charge in [-0.05, 0) is 43.2 Å². The summed E-state index contributed by atoms with van der Waals surface area (Å²) < 4.78 is 43.0. The summed E-state index contributed by atoms with van der Waals surface area (Å²) >= 11 is 0. The van der Waals surface area contributed by atoms with E-state index >= 15 is 0 Å². The zero-order chi connectivity index (χ0) is 22.6. The second kappa shape index (κ2) is 9.66. The minimum absolute atomic E-state index is 0.127. The molecule has 0 radical (unpaired) electrons. The van der Waals surface area contributed by atoms with E-state index in [1.807, 2.05) is 0 Å². The third-order valence-corrected chi connectivity index (χ3v) is 7.36. The summed E-state index contributed by atoms with van der Waals surface area (Å²) in [6.07, 6.45) is 4.24. The summed E-state index contributed by atoms with van der Waals surface area (Å²) in [5.41, 5.74) is 0.374. The van der Waals surface area contributed by atoms with E-state index in [2.05, 4.69) is 4.98 Å². The summed E-state index contributed by atoms with van der Waals surface area (Å²) in [5.74, 6) is -0.199. The highest BCUT2D eigenvalue weighted by atomic mass is 32.2. The Morgan fingerprint density at radius 1 is 1.09 bits per heavy atom. The predicted octanol–water partition coefficient (Wildman–Crippen LogP) is 2.07. The second-order valence-corrected chi connectivity index (χ2v) is 9.55. The minimum atomic E-state index is -3.64. The Hall–Kier alpha value is -2.98. The van der Waals surface area contributed by atoms with Crippen molar-refractivity contribution in [3.05, 3.63) is 48.3 Å². The molecule has 170 valence electrons. The molecule has 9 nitrogen and oxygen atoms in total. The lowest BCUT2D eigenvalue weighted by molar-refractivity contribution is -0.148. The number of piperidine rings is 1. The molecule has 2 aliphatic rings. The molecule has 0 bridgehead atoms. The lowest BCUT2D eigenvalue weighted by Gasteiger charge is -2.29. The average molecular weight is 461 g/mol. The number of hydrogen-bond donors (Lipinski definition) is 0. The van der Waals surface area contributed by atoms with Crippen LogP contribution in [0.2, 0.25) is 0 Å². The predicted molar refractivity (Wildman–Crippen MR) is 113 cm³/mol. The first-order valence-corrected chi connectivity index (χ1v) is 11.9. The number of rotatable bonds is 6. The molecule has 2 aromatic rings. The van der Waals surface area contributed by atoms with E-state index < -0.39 is 21.9 Å². The van der Waals surface area contributed by atoms with Gasteiger partial charge in [0.15, 0.2) is 23.9 Å². The van der Waals surface area contributed by atoms with Crippen LogP contribution >= 0.6 is 0 Å². The summed E-state index contributed by atoms with van der Waals surface area (Å²) in [6.45, 7) is 1.09. The largest absolute Gasteiger partial charge is 0.490 e. The molecular formula is C22H24N2O7S. The number of ketones is 1. The van der Waals surface area contributed by atoms with Crippen molar-refractivity contribution in [3.8, 4) is 11.5 Å². The van der Waals surface area contributed by atoms with Crippen molar-refractivity contribution in [1.82, 2.24) is 9.29 Å². The van der Waals surface area contributed by atoms with E-state index in [1.54, 1.807) is 24.3 Å². The number of sulfonamides is 1. The van der Waals surface area contributed by atoms with E-state index in [4.69, 9.17) is 14.2 Å². The molecule has 0 aliphatic carbocycles. The number of pyridine rings is 1. The van der Waals surface area contributed by atoms with Crippen molar-refractivity contribution in [2.24, 2.45) is 5.92 Å². The van der Waals surface area contributed by atoms with Gasteiger partial charge < -0.3 is 14.2 Å². The fourth-order valence-corrected chi connectivity index (χ4v) is 5.09. The molecule has 0 saturated carbocycles. The zero-order valence-corrected chi connectivity index (χ0v) is 18.3. The maximum atomic E-state index is 12.7. The van der Waals surface area contributed by atoms with E-state index in [0.29, 0.717) is 43.1 Å². The van der Waals surface area contributed by atoms with Gasteiger partial charge in [-0.1, -0.05) is 0 Å². The lowest BCUT2D eigenvalue weighted by atomic mass is 9.98. The quantitative estimate of drug-likeness (QED) is 0.476. The first-order chi connectivity index (χ1) is 15.4. The van der Waals surface area contributed by atoms with Gasteiger partial charge in [-0.3, -0.25) is 14.6 Å². The van der Waals surface area contributed by atoms with Crippen molar-refractivity contribution >= 4 is 21.8 Å². The van der Waals surface area contributed by atoms with E-state index in [9.17, 15) is 18.0 Å². The molecular weight excluding hydrogens is 436 g/mol. The Morgan fingerprint density at radius 3 is 2.56 bits per heavy atom. The smallest absolute Gasteiger partial charge is 0.309 e. The van der Waals surface area contributed by atoms with Crippen LogP contribution < -0.4 is 9.47 Å². The highest BCUT2D eigenvalue weighted by Crippen LogP contribution is 2.30. The van der Waals surface area contributed by atoms with Gasteiger partial charge in [0.1, 0.15) is 4.90 Å². The number of aromatic nitrogens is 1. The van der Waals surface area contributed by atoms with Crippen molar-refractivity contribution in [2.45, 2.75) is 24.2 Å². The molecule has 1 aromatic carbocycles. The van der Waals surface area contributed by atoms with E-state index in [-0.39, 0.29) is 30.4 Å². The highest BCUT2D eigenvalue weighted by Gasteiger charge is 2.33. The number of Topliss-reactive ketones (excluding diaryl/α,β-unsaturated/α-hetero) is 1. The Labute approximate surface area is 186 Å². The second-order valence-electron chi connectivity index (χ2n) is 7.61. The number of carbonyl (C=O) groups is 2. The van der Waals surface area contributed by atoms with Gasteiger partial charge in [0.2, 0.25) is 10.0 Å². The highest BCUT2D eigenvalue weighted by molar-refractivity contribution is 7.89. The van der Waals surface area contributed by atoms with Crippen LogP contribution in [0.5, 0.6) is 11.5 Å². The SMILES string of the molecule is O=C(COC(=O)C1CCN(S(=O)(=O)c2cccnc2)CC1)c1ccc2c(c1)OCCCO2. The topological polar surface area (TPSA) is 112 Å². The van der Waals surface area contributed by atoms with Crippen LogP contribution in [0.25, 0.3) is 0 Å². The molecule has 0 N–H and O–H groups in total. The Balaban J connectivity index is 1.29. The average Bonchev–Trinajstić information content (AvgIpc) is 3.08. The molecule has 0 atom stereocenters. The van der Waals surface area contributed by atoms with Crippen LogP contribution in [0, 0.1) is 5.92 Å². The summed E-state index contributed by atoms with van der Waals surface area (Å²) in [4.78, 5) is 28.9. The number of nitrogens with zero attached hydrogens (tertiary/aromatic N) is 2. The fraction of sp³-hybridized carbons (Fsp3) is 0.409. The number of fused-ring (bicyclic) bond motifs is 1. The monoisotopic (exact) mass is 460 g/mol. The Bertz CT molecular complexity index is 1080. The minimum Gasteiger partial charge on any atom is -0.490 e. The van der Waals surface area contributed by atoms with Crippen molar-refractivity contribution in [3.63, 3.8) is 0 Å². The first-order valence-electron chi connectivity index (χ1n) is 10.4. The number of benzene rings is 1. The molecule has 1 fully saturated rings. The molecule has 4 rings (SSSR count). The molecule has 1 saturated heterocycles. The van der Waals surface area contributed by atoms with Crippen LogP contribution in [0.3, 0.4) is 0 Å². The molecule has 0 amide bonds. The van der Waals surface area contributed by atoms with Gasteiger partial charge in [0.25, 0.3) is 0 Å². The van der Waals surface area contributed by atoms with Crippen LogP contribution in [0.4, 0.5) is 0 Å². The van der Waals surface area contributed by atoms with Gasteiger partial charge in [-0.2, -0.15) is 4.31 Å². The molecule has 0 spiro atoms. The zero-order valence-electron chi connectivity index (χ0n) is 17.4. The van der Waals surface area contributed by atoms with Crippen LogP contribution in [-0.2, 0) is 19.6 Å². The standard InChI is InChI=1S/C22H24N2O7S/c25-19(17-4-5-20-21(13-17)30-12-2-11-29-20)15-31-22(26)16-6-9-24(10-7-16)32(27,28)18-3-1-8-23-14-18/h1,3-5,8,13-14,16H,2,6-7,9-12,15H2. The number of carbonyl (C=O) groups excluding carboxylic acids is 2. The first kappa shape index (κ1) is 22.2. The van der Waals surface area contributed by atoms with Crippen LogP contribution in [0.15, 0.2) is 47.6 Å². The number of hydrogen-bond acceptors (Lipinski definition) is 8. The molecule has 3 heterocycles. The van der Waals surface area contributed by atoms with Crippen LogP contribution in [-0.4, -0.2) is 62.4 Å². The number of ether oxygens (including phenoxy) is 3. The van der Waals surface area contributed by atoms with Gasteiger partial charge in [0.05, 0.1) is 19.1 Å². The molecule has 2 aliphatic heterocycles. The Kier molecular flexibility index (Phi) is 6.71. The van der Waals surface area contributed by atoms with Crippen LogP contribution in [0.1, 0.15) is 29.6 Å². The third-order valence-electron chi connectivity index (χ3n) is 5.47. The lowest BCUT2D eigenvalue weighted by Crippen LogP contribution is -2.40.